The summed E-state index contributed by atoms with van der Waals surface area (Å²) in [6.45, 7) is 1.93. The van der Waals surface area contributed by atoms with Gasteiger partial charge in [-0.1, -0.05) is 35.9 Å². The van der Waals surface area contributed by atoms with E-state index in [0.29, 0.717) is 10.9 Å². The van der Waals surface area contributed by atoms with Crippen LogP contribution in [0.25, 0.3) is 54.1 Å². The van der Waals surface area contributed by atoms with E-state index in [-0.39, 0.29) is 6.42 Å². The molecule has 0 aliphatic rings. The number of pyridine rings is 2. The first kappa shape index (κ1) is 25.0. The van der Waals surface area contributed by atoms with Crippen LogP contribution in [-0.2, 0) is 11.2 Å². The highest BCUT2D eigenvalue weighted by atomic mass is 35.5. The number of aromatic nitrogens is 3. The van der Waals surface area contributed by atoms with Gasteiger partial charge in [-0.05, 0) is 66.1 Å². The number of methoxy groups -OCH3 is 1. The maximum atomic E-state index is 11.8. The number of hydrogen-bond acceptors (Lipinski definition) is 6. The largest absolute Gasteiger partial charge is 0.481 e. The summed E-state index contributed by atoms with van der Waals surface area (Å²) in [5, 5.41) is 12.1. The predicted molar refractivity (Wildman–Crippen MR) is 157 cm³/mol. The number of nitrogens with zero attached hydrogens (tertiary/aromatic N) is 3. The molecular weight excluding hydrogens is 530 g/mol. The van der Waals surface area contributed by atoms with Crippen molar-refractivity contribution < 1.29 is 14.6 Å². The van der Waals surface area contributed by atoms with Crippen LogP contribution in [0.15, 0.2) is 79.0 Å². The Labute approximate surface area is 233 Å². The fourth-order valence-corrected chi connectivity index (χ4v) is 6.01. The molecule has 3 heterocycles. The van der Waals surface area contributed by atoms with E-state index in [1.54, 1.807) is 24.6 Å². The lowest BCUT2D eigenvalue weighted by Crippen LogP contribution is -2.04. The van der Waals surface area contributed by atoms with Crippen molar-refractivity contribution in [3.63, 3.8) is 0 Å². The molecule has 0 radical (unpaired) electrons. The molecule has 6 aromatic rings. The maximum Gasteiger partial charge on any atom is 0.307 e. The van der Waals surface area contributed by atoms with Crippen molar-refractivity contribution in [1.29, 1.82) is 0 Å². The van der Waals surface area contributed by atoms with E-state index in [1.165, 1.54) is 0 Å². The van der Waals surface area contributed by atoms with Crippen molar-refractivity contribution in [2.45, 2.75) is 13.3 Å². The fourth-order valence-electron chi connectivity index (χ4n) is 4.75. The number of carboxylic acids is 1. The van der Waals surface area contributed by atoms with Gasteiger partial charge in [-0.2, -0.15) is 0 Å². The van der Waals surface area contributed by atoms with Gasteiger partial charge in [0, 0.05) is 39.4 Å². The van der Waals surface area contributed by atoms with Crippen LogP contribution in [0.5, 0.6) is 5.88 Å². The quantitative estimate of drug-likeness (QED) is 0.227. The lowest BCUT2D eigenvalue weighted by Gasteiger charge is -2.13. The Morgan fingerprint density at radius 1 is 0.923 bits per heavy atom. The summed E-state index contributed by atoms with van der Waals surface area (Å²) >= 11 is 7.69. The molecule has 0 unspecified atom stereocenters. The number of halogens is 1. The average molecular weight is 552 g/mol. The van der Waals surface area contributed by atoms with Gasteiger partial charge in [-0.3, -0.25) is 9.78 Å². The summed E-state index contributed by atoms with van der Waals surface area (Å²) < 4.78 is 6.23. The highest BCUT2D eigenvalue weighted by molar-refractivity contribution is 7.22. The molecule has 0 amide bonds. The van der Waals surface area contributed by atoms with Crippen molar-refractivity contribution in [1.82, 2.24) is 15.0 Å². The first-order chi connectivity index (χ1) is 18.9. The molecule has 39 heavy (non-hydrogen) atoms. The minimum atomic E-state index is -0.876. The van der Waals surface area contributed by atoms with Crippen LogP contribution < -0.4 is 4.74 Å². The molecule has 0 saturated heterocycles. The van der Waals surface area contributed by atoms with E-state index < -0.39 is 5.97 Å². The van der Waals surface area contributed by atoms with Crippen LogP contribution in [0.2, 0.25) is 5.02 Å². The van der Waals surface area contributed by atoms with Crippen molar-refractivity contribution >= 4 is 50.0 Å². The monoisotopic (exact) mass is 551 g/mol. The van der Waals surface area contributed by atoms with Gasteiger partial charge in [-0.15, -0.1) is 11.3 Å². The second-order valence-electron chi connectivity index (χ2n) is 9.18. The summed E-state index contributed by atoms with van der Waals surface area (Å²) in [5.41, 5.74) is 7.79. The average Bonchev–Trinajstić information content (AvgIpc) is 3.37. The van der Waals surface area contributed by atoms with Gasteiger partial charge < -0.3 is 9.84 Å². The van der Waals surface area contributed by atoms with E-state index in [2.05, 4.69) is 9.97 Å². The number of carbonyl (C=O) groups is 1. The molecule has 0 spiro atoms. The number of aryl methyl sites for hydroxylation is 1. The molecule has 0 fully saturated rings. The van der Waals surface area contributed by atoms with E-state index >= 15 is 0 Å². The molecular formula is C31H22ClN3O3S. The number of rotatable bonds is 6. The van der Waals surface area contributed by atoms with Gasteiger partial charge >= 0.3 is 5.97 Å². The van der Waals surface area contributed by atoms with E-state index in [4.69, 9.17) is 21.3 Å². The SMILES string of the molecule is COc1ccc2ccc(-c3cc(-c4nc5cc(C)c(CC(=O)O)c(-c6ccc(Cl)cc6)c5s4)ccn3)cc2n1. The Bertz CT molecular complexity index is 1880. The minimum absolute atomic E-state index is 0.0762. The van der Waals surface area contributed by atoms with E-state index in [9.17, 15) is 9.90 Å². The summed E-state index contributed by atoms with van der Waals surface area (Å²) in [7, 11) is 1.60. The number of hydrogen-bond donors (Lipinski definition) is 1. The summed E-state index contributed by atoms with van der Waals surface area (Å²) in [4.78, 5) is 25.9. The van der Waals surface area contributed by atoms with Gasteiger partial charge in [0.25, 0.3) is 0 Å². The lowest BCUT2D eigenvalue weighted by molar-refractivity contribution is -0.136. The van der Waals surface area contributed by atoms with Gasteiger partial charge in [0.05, 0.1) is 35.0 Å². The number of benzene rings is 3. The third-order valence-electron chi connectivity index (χ3n) is 6.65. The van der Waals surface area contributed by atoms with Crippen LogP contribution >= 0.6 is 22.9 Å². The summed E-state index contributed by atoms with van der Waals surface area (Å²) in [6, 6.07) is 23.3. The molecule has 0 saturated carbocycles. The topological polar surface area (TPSA) is 85.2 Å². The Kier molecular flexibility index (Phi) is 6.46. The maximum absolute atomic E-state index is 11.8. The second kappa shape index (κ2) is 10.1. The van der Waals surface area contributed by atoms with Crippen LogP contribution in [0, 0.1) is 6.92 Å². The van der Waals surface area contributed by atoms with E-state index in [1.807, 2.05) is 79.7 Å². The Balaban J connectivity index is 1.48. The molecule has 3 aromatic heterocycles. The fraction of sp³-hybridized carbons (Fsp3) is 0.0968. The predicted octanol–water partition coefficient (Wildman–Crippen LogP) is 7.84. The zero-order valence-corrected chi connectivity index (χ0v) is 22.7. The molecule has 0 atom stereocenters. The van der Waals surface area contributed by atoms with Gasteiger partial charge in [0.15, 0.2) is 0 Å². The van der Waals surface area contributed by atoms with Gasteiger partial charge in [0.2, 0.25) is 5.88 Å². The smallest absolute Gasteiger partial charge is 0.307 e. The molecule has 3 aromatic carbocycles. The highest BCUT2D eigenvalue weighted by Gasteiger charge is 2.20. The third kappa shape index (κ3) is 4.82. The molecule has 6 rings (SSSR count). The van der Waals surface area contributed by atoms with Crippen LogP contribution in [-0.4, -0.2) is 33.1 Å². The molecule has 0 bridgehead atoms. The number of fused-ring (bicyclic) bond motifs is 2. The molecule has 6 nitrogen and oxygen atoms in total. The van der Waals surface area contributed by atoms with E-state index in [0.717, 1.165) is 65.2 Å². The minimum Gasteiger partial charge on any atom is -0.481 e. The van der Waals surface area contributed by atoms with Gasteiger partial charge in [0.1, 0.15) is 5.01 Å². The molecule has 0 aliphatic carbocycles. The molecule has 192 valence electrons. The zero-order valence-electron chi connectivity index (χ0n) is 21.1. The standard InChI is InChI=1S/C31H22ClN3O3S/c1-17-13-26-30(29(23(17)16-28(36)37)19-5-8-22(32)9-6-19)39-31(35-26)21-11-12-33-24(15-21)20-4-3-18-7-10-27(38-2)34-25(18)14-20/h3-15H,16H2,1-2H3,(H,36,37). The number of aliphatic carboxylic acids is 1. The van der Waals surface area contributed by atoms with Crippen LogP contribution in [0.4, 0.5) is 0 Å². The Morgan fingerprint density at radius 3 is 2.46 bits per heavy atom. The van der Waals surface area contributed by atoms with Crippen LogP contribution in [0.3, 0.4) is 0 Å². The highest BCUT2D eigenvalue weighted by Crippen LogP contribution is 2.41. The molecule has 1 N–H and O–H groups in total. The van der Waals surface area contributed by atoms with Crippen LogP contribution in [0.1, 0.15) is 11.1 Å². The van der Waals surface area contributed by atoms with Crippen molar-refractivity contribution in [3.8, 4) is 38.8 Å². The Hall–Kier alpha value is -4.33. The van der Waals surface area contributed by atoms with Crippen molar-refractivity contribution in [3.05, 3.63) is 95.1 Å². The van der Waals surface area contributed by atoms with Gasteiger partial charge in [-0.25, -0.2) is 9.97 Å². The van der Waals surface area contributed by atoms with Crippen molar-refractivity contribution in [2.24, 2.45) is 0 Å². The first-order valence-electron chi connectivity index (χ1n) is 12.2. The number of carboxylic acid groups (broad SMARTS) is 1. The Morgan fingerprint density at radius 2 is 1.69 bits per heavy atom. The summed E-state index contributed by atoms with van der Waals surface area (Å²) in [6.07, 6.45) is 1.70. The first-order valence-corrected chi connectivity index (χ1v) is 13.4. The second-order valence-corrected chi connectivity index (χ2v) is 10.6. The third-order valence-corrected chi connectivity index (χ3v) is 8.04. The summed E-state index contributed by atoms with van der Waals surface area (Å²) in [5.74, 6) is -0.316. The lowest BCUT2D eigenvalue weighted by atomic mass is 9.93. The normalized spacial score (nSPS) is 11.3. The zero-order chi connectivity index (χ0) is 27.1. The number of thiazole rings is 1. The number of ether oxygens (including phenoxy) is 1. The molecule has 0 aliphatic heterocycles. The van der Waals surface area contributed by atoms with Crippen molar-refractivity contribution in [2.75, 3.05) is 7.11 Å². The molecule has 8 heteroatoms.